The van der Waals surface area contributed by atoms with E-state index in [1.807, 2.05) is 13.0 Å². The number of carbonyl (C=O) groups is 2. The molecule has 1 aromatic rings. The Morgan fingerprint density at radius 3 is 2.72 bits per heavy atom. The van der Waals surface area contributed by atoms with E-state index in [4.69, 9.17) is 9.26 Å². The van der Waals surface area contributed by atoms with Crippen molar-refractivity contribution in [2.75, 3.05) is 19.7 Å². The van der Waals surface area contributed by atoms with E-state index < -0.39 is 0 Å². The number of hydrogen-bond donors (Lipinski definition) is 2. The van der Waals surface area contributed by atoms with Gasteiger partial charge >= 0.3 is 5.97 Å². The van der Waals surface area contributed by atoms with Crippen LogP contribution in [0.25, 0.3) is 0 Å². The molecule has 2 bridgehead atoms. The number of aryl methyl sites for hydroxylation is 1. The summed E-state index contributed by atoms with van der Waals surface area (Å²) in [6, 6.07) is 1.83. The van der Waals surface area contributed by atoms with E-state index in [1.54, 1.807) is 0 Å². The maximum atomic E-state index is 13.2. The third-order valence-electron chi connectivity index (χ3n) is 7.90. The molecule has 4 aliphatic rings. The summed E-state index contributed by atoms with van der Waals surface area (Å²) in [5, 5.41) is 10.3. The molecule has 4 fully saturated rings. The van der Waals surface area contributed by atoms with Gasteiger partial charge in [0, 0.05) is 18.5 Å². The predicted molar refractivity (Wildman–Crippen MR) is 105 cm³/mol. The van der Waals surface area contributed by atoms with Crippen molar-refractivity contribution in [3.05, 3.63) is 17.5 Å². The monoisotopic (exact) mass is 401 g/mol. The van der Waals surface area contributed by atoms with E-state index in [1.165, 1.54) is 0 Å². The summed E-state index contributed by atoms with van der Waals surface area (Å²) in [4.78, 5) is 26.3. The molecule has 3 aliphatic carbocycles. The predicted octanol–water partition coefficient (Wildman–Crippen LogP) is 2.19. The SMILES string of the molecule is Cc1cc(CNC(=O)[C@H]2[C@H](C(=O)OCC3CCCNC3)[C@H]3CC[C@@H]2C32CC2)no1. The minimum atomic E-state index is -0.285. The molecule has 0 radical (unpaired) electrons. The van der Waals surface area contributed by atoms with Gasteiger partial charge in [-0.1, -0.05) is 5.16 Å². The number of piperidine rings is 1. The van der Waals surface area contributed by atoms with Crippen molar-refractivity contribution >= 4 is 11.9 Å². The van der Waals surface area contributed by atoms with Crippen molar-refractivity contribution in [3.8, 4) is 0 Å². The lowest BCUT2D eigenvalue weighted by atomic mass is 9.78. The lowest BCUT2D eigenvalue weighted by Crippen LogP contribution is -2.42. The number of hydrogen-bond acceptors (Lipinski definition) is 6. The first-order chi connectivity index (χ1) is 14.1. The fourth-order valence-corrected chi connectivity index (χ4v) is 6.49. The average Bonchev–Trinajstić information content (AvgIpc) is 3.22. The molecule has 5 atom stereocenters. The zero-order valence-corrected chi connectivity index (χ0v) is 17.1. The number of ether oxygens (including phenoxy) is 1. The van der Waals surface area contributed by atoms with Crippen molar-refractivity contribution < 1.29 is 18.8 Å². The summed E-state index contributed by atoms with van der Waals surface area (Å²) in [7, 11) is 0. The van der Waals surface area contributed by atoms with Crippen LogP contribution in [0.5, 0.6) is 0 Å². The Bertz CT molecular complexity index is 781. The molecule has 1 aliphatic heterocycles. The van der Waals surface area contributed by atoms with Crippen molar-refractivity contribution in [1.82, 2.24) is 15.8 Å². The van der Waals surface area contributed by atoms with Gasteiger partial charge < -0.3 is 19.9 Å². The fraction of sp³-hybridized carbons (Fsp3) is 0.773. The molecule has 3 saturated carbocycles. The standard InChI is InChI=1S/C22H31N3O4/c1-13-9-15(25-29-13)11-24-20(26)18-16-4-5-17(22(16)6-7-22)19(18)21(27)28-12-14-3-2-8-23-10-14/h9,14,16-19,23H,2-8,10-12H2,1H3,(H,24,26)/t14?,16-,17+,18+,19+/m0/s1. The van der Waals surface area contributed by atoms with Gasteiger partial charge in [0.05, 0.1) is 25.0 Å². The molecule has 7 heteroatoms. The second-order valence-electron chi connectivity index (χ2n) is 9.56. The van der Waals surface area contributed by atoms with Crippen LogP contribution in [-0.2, 0) is 20.9 Å². The molecule has 5 rings (SSSR count). The summed E-state index contributed by atoms with van der Waals surface area (Å²) >= 11 is 0. The Hall–Kier alpha value is -1.89. The highest BCUT2D eigenvalue weighted by molar-refractivity contribution is 5.87. The van der Waals surface area contributed by atoms with Crippen LogP contribution in [0.2, 0.25) is 0 Å². The second-order valence-corrected chi connectivity index (χ2v) is 9.56. The molecule has 29 heavy (non-hydrogen) atoms. The fourth-order valence-electron chi connectivity index (χ4n) is 6.49. The topological polar surface area (TPSA) is 93.5 Å². The summed E-state index contributed by atoms with van der Waals surface area (Å²) in [6.07, 6.45) is 6.66. The van der Waals surface area contributed by atoms with E-state index in [2.05, 4.69) is 15.8 Å². The third kappa shape index (κ3) is 3.37. The summed E-state index contributed by atoms with van der Waals surface area (Å²) in [5.74, 6) is 1.04. The van der Waals surface area contributed by atoms with Gasteiger partial charge in [0.25, 0.3) is 0 Å². The van der Waals surface area contributed by atoms with E-state index in [-0.39, 0.29) is 29.1 Å². The van der Waals surface area contributed by atoms with Crippen molar-refractivity contribution in [2.45, 2.75) is 52.0 Å². The number of carbonyl (C=O) groups excluding carboxylic acids is 2. The largest absolute Gasteiger partial charge is 0.465 e. The molecule has 1 saturated heterocycles. The molecule has 0 aromatic carbocycles. The van der Waals surface area contributed by atoms with Gasteiger partial charge in [-0.25, -0.2) is 0 Å². The zero-order valence-electron chi connectivity index (χ0n) is 17.1. The molecule has 1 spiro atoms. The van der Waals surface area contributed by atoms with Crippen LogP contribution in [0.4, 0.5) is 0 Å². The summed E-state index contributed by atoms with van der Waals surface area (Å²) < 4.78 is 10.9. The lowest BCUT2D eigenvalue weighted by molar-refractivity contribution is -0.157. The van der Waals surface area contributed by atoms with Gasteiger partial charge in [-0.3, -0.25) is 9.59 Å². The molecule has 2 heterocycles. The van der Waals surface area contributed by atoms with Gasteiger partial charge in [-0.2, -0.15) is 0 Å². The maximum Gasteiger partial charge on any atom is 0.310 e. The van der Waals surface area contributed by atoms with Crippen LogP contribution in [0.3, 0.4) is 0 Å². The molecule has 1 amide bonds. The molecule has 1 aromatic heterocycles. The van der Waals surface area contributed by atoms with Gasteiger partial charge in [0.1, 0.15) is 11.5 Å². The maximum absolute atomic E-state index is 13.2. The van der Waals surface area contributed by atoms with Crippen LogP contribution in [0, 0.1) is 41.9 Å². The Kier molecular flexibility index (Phi) is 4.88. The van der Waals surface area contributed by atoms with Crippen LogP contribution < -0.4 is 10.6 Å². The van der Waals surface area contributed by atoms with Gasteiger partial charge in [-0.15, -0.1) is 0 Å². The summed E-state index contributed by atoms with van der Waals surface area (Å²) in [5.41, 5.74) is 0.937. The molecular formula is C22H31N3O4. The highest BCUT2D eigenvalue weighted by Crippen LogP contribution is 2.74. The quantitative estimate of drug-likeness (QED) is 0.710. The molecule has 2 N–H and O–H groups in total. The van der Waals surface area contributed by atoms with Crippen molar-refractivity contribution in [1.29, 1.82) is 0 Å². The normalized spacial score (nSPS) is 34.3. The van der Waals surface area contributed by atoms with Crippen LogP contribution in [0.1, 0.15) is 50.0 Å². The smallest absolute Gasteiger partial charge is 0.310 e. The minimum absolute atomic E-state index is 0.0228. The Morgan fingerprint density at radius 2 is 2.07 bits per heavy atom. The van der Waals surface area contributed by atoms with Crippen LogP contribution in [-0.4, -0.2) is 36.7 Å². The Labute approximate surface area is 171 Å². The van der Waals surface area contributed by atoms with Gasteiger partial charge in [0.15, 0.2) is 0 Å². The second kappa shape index (κ2) is 7.42. The highest BCUT2D eigenvalue weighted by Gasteiger charge is 2.71. The van der Waals surface area contributed by atoms with Gasteiger partial charge in [-0.05, 0) is 69.2 Å². The van der Waals surface area contributed by atoms with E-state index in [0.29, 0.717) is 36.6 Å². The molecular weight excluding hydrogens is 370 g/mol. The van der Waals surface area contributed by atoms with E-state index >= 15 is 0 Å². The Balaban J connectivity index is 1.26. The Morgan fingerprint density at radius 1 is 1.28 bits per heavy atom. The average molecular weight is 402 g/mol. The van der Waals surface area contributed by atoms with Crippen LogP contribution in [0.15, 0.2) is 10.6 Å². The number of amides is 1. The van der Waals surface area contributed by atoms with E-state index in [0.717, 1.165) is 57.4 Å². The zero-order chi connectivity index (χ0) is 20.0. The number of nitrogens with zero attached hydrogens (tertiary/aromatic N) is 1. The lowest BCUT2D eigenvalue weighted by Gasteiger charge is -2.29. The first-order valence-corrected chi connectivity index (χ1v) is 11.2. The summed E-state index contributed by atoms with van der Waals surface area (Å²) in [6.45, 7) is 4.60. The number of aromatic nitrogens is 1. The first-order valence-electron chi connectivity index (χ1n) is 11.2. The molecule has 1 unspecified atom stereocenters. The van der Waals surface area contributed by atoms with Crippen LogP contribution >= 0.6 is 0 Å². The first kappa shape index (κ1) is 19.1. The molecule has 158 valence electrons. The number of esters is 1. The number of nitrogens with one attached hydrogen (secondary N) is 2. The third-order valence-corrected chi connectivity index (χ3v) is 7.90. The van der Waals surface area contributed by atoms with E-state index in [9.17, 15) is 9.59 Å². The van der Waals surface area contributed by atoms with Gasteiger partial charge in [0.2, 0.25) is 5.91 Å². The minimum Gasteiger partial charge on any atom is -0.465 e. The van der Waals surface area contributed by atoms with Crippen molar-refractivity contribution in [3.63, 3.8) is 0 Å². The number of rotatable bonds is 6. The van der Waals surface area contributed by atoms with Crippen molar-refractivity contribution in [2.24, 2.45) is 35.0 Å². The highest BCUT2D eigenvalue weighted by atomic mass is 16.5. The molecule has 7 nitrogen and oxygen atoms in total.